The summed E-state index contributed by atoms with van der Waals surface area (Å²) >= 11 is 0. The van der Waals surface area contributed by atoms with Gasteiger partial charge in [0.2, 0.25) is 0 Å². The Balaban J connectivity index is 1.46. The van der Waals surface area contributed by atoms with E-state index < -0.39 is 0 Å². The number of anilines is 1. The van der Waals surface area contributed by atoms with Gasteiger partial charge >= 0.3 is 0 Å². The Bertz CT molecular complexity index is 433. The van der Waals surface area contributed by atoms with Crippen LogP contribution in [-0.4, -0.2) is 11.5 Å². The molecule has 0 radical (unpaired) electrons. The third-order valence-corrected chi connectivity index (χ3v) is 5.54. The number of pyridine rings is 1. The summed E-state index contributed by atoms with van der Waals surface area (Å²) in [5.74, 6) is 3.50. The van der Waals surface area contributed by atoms with Gasteiger partial charge in [-0.05, 0) is 73.8 Å². The molecule has 4 saturated carbocycles. The number of hydrogen-bond acceptors (Lipinski definition) is 2. The lowest BCUT2D eigenvalue weighted by atomic mass is 9.49. The molecule has 0 atom stereocenters. The van der Waals surface area contributed by atoms with Gasteiger partial charge in [0.15, 0.2) is 0 Å². The second-order valence-electron chi connectivity index (χ2n) is 7.13. The monoisotopic (exact) mass is 260 g/mol. The van der Waals surface area contributed by atoms with E-state index in [1.807, 2.05) is 0 Å². The van der Waals surface area contributed by atoms with Crippen LogP contribution in [0.25, 0.3) is 0 Å². The Morgan fingerprint density at radius 1 is 1.11 bits per heavy atom. The quantitative estimate of drug-likeness (QED) is 0.893. The molecule has 4 aliphatic rings. The van der Waals surface area contributed by atoms with Gasteiger partial charge < -0.3 is 5.32 Å². The van der Waals surface area contributed by atoms with Crippen LogP contribution in [0.5, 0.6) is 0 Å². The number of nitrogens with zero attached hydrogens (tertiary/aromatic N) is 1. The van der Waals surface area contributed by atoms with Crippen molar-refractivity contribution in [2.75, 3.05) is 11.9 Å². The van der Waals surface area contributed by atoms with E-state index in [1.165, 1.54) is 50.8 Å². The van der Waals surface area contributed by atoms with E-state index >= 15 is 0 Å². The van der Waals surface area contributed by atoms with Crippen molar-refractivity contribution in [3.8, 4) is 0 Å². The van der Waals surface area contributed by atoms with Gasteiger partial charge in [0.1, 0.15) is 11.6 Å². The zero-order chi connectivity index (χ0) is 12.9. The van der Waals surface area contributed by atoms with Crippen molar-refractivity contribution in [2.24, 2.45) is 23.2 Å². The molecule has 4 aliphatic carbocycles. The highest BCUT2D eigenvalue weighted by Gasteiger charge is 2.50. The number of hydrogen-bond donors (Lipinski definition) is 1. The van der Waals surface area contributed by atoms with Crippen molar-refractivity contribution in [1.29, 1.82) is 0 Å². The summed E-state index contributed by atoms with van der Waals surface area (Å²) in [5.41, 5.74) is 0.505. The van der Waals surface area contributed by atoms with Gasteiger partial charge in [-0.3, -0.25) is 0 Å². The zero-order valence-electron chi connectivity index (χ0n) is 11.2. The molecule has 1 aromatic heterocycles. The molecule has 1 N–H and O–H groups in total. The molecular weight excluding hydrogens is 239 g/mol. The molecule has 0 spiro atoms. The van der Waals surface area contributed by atoms with Crippen LogP contribution >= 0.6 is 0 Å². The number of rotatable bonds is 3. The molecular formula is C16H21FN2. The molecule has 0 saturated heterocycles. The Labute approximate surface area is 113 Å². The van der Waals surface area contributed by atoms with Crippen LogP contribution in [0, 0.1) is 29.0 Å². The zero-order valence-corrected chi connectivity index (χ0v) is 11.2. The second-order valence-corrected chi connectivity index (χ2v) is 7.13. The lowest BCUT2D eigenvalue weighted by Gasteiger charge is -2.57. The minimum Gasteiger partial charge on any atom is -0.370 e. The van der Waals surface area contributed by atoms with Gasteiger partial charge in [-0.1, -0.05) is 0 Å². The summed E-state index contributed by atoms with van der Waals surface area (Å²) in [5, 5.41) is 3.45. The fraction of sp³-hybridized carbons (Fsp3) is 0.688. The van der Waals surface area contributed by atoms with E-state index in [-0.39, 0.29) is 5.82 Å². The first kappa shape index (κ1) is 11.7. The first-order valence-electron chi connectivity index (χ1n) is 7.56. The topological polar surface area (TPSA) is 24.9 Å². The largest absolute Gasteiger partial charge is 0.370 e. The molecule has 4 bridgehead atoms. The van der Waals surface area contributed by atoms with Crippen LogP contribution in [0.15, 0.2) is 18.3 Å². The van der Waals surface area contributed by atoms with Gasteiger partial charge in [-0.15, -0.1) is 0 Å². The maximum atomic E-state index is 12.9. The van der Waals surface area contributed by atoms with E-state index in [0.29, 0.717) is 5.41 Å². The van der Waals surface area contributed by atoms with E-state index in [1.54, 1.807) is 6.07 Å². The predicted molar refractivity (Wildman–Crippen MR) is 73.3 cm³/mol. The van der Waals surface area contributed by atoms with Crippen molar-refractivity contribution in [2.45, 2.75) is 38.5 Å². The average Bonchev–Trinajstić information content (AvgIpc) is 2.36. The van der Waals surface area contributed by atoms with Gasteiger partial charge in [-0.2, -0.15) is 0 Å². The second kappa shape index (κ2) is 4.19. The molecule has 1 heterocycles. The van der Waals surface area contributed by atoms with Crippen LogP contribution in [-0.2, 0) is 0 Å². The minimum atomic E-state index is -0.264. The summed E-state index contributed by atoms with van der Waals surface area (Å²) in [6, 6.07) is 3.23. The number of halogens is 1. The highest BCUT2D eigenvalue weighted by Crippen LogP contribution is 2.59. The minimum absolute atomic E-state index is 0.264. The van der Waals surface area contributed by atoms with Crippen LogP contribution in [0.1, 0.15) is 38.5 Å². The van der Waals surface area contributed by atoms with E-state index in [2.05, 4.69) is 10.3 Å². The molecule has 0 aliphatic heterocycles. The molecule has 2 nitrogen and oxygen atoms in total. The van der Waals surface area contributed by atoms with E-state index in [4.69, 9.17) is 0 Å². The molecule has 0 aromatic carbocycles. The van der Waals surface area contributed by atoms with Gasteiger partial charge in [0, 0.05) is 6.54 Å². The van der Waals surface area contributed by atoms with Crippen LogP contribution < -0.4 is 5.32 Å². The standard InChI is InChI=1S/C16H21FN2/c17-14-1-2-15(18-9-14)19-10-16-6-11-3-12(7-16)5-13(4-11)8-16/h1-2,9,11-13H,3-8,10H2,(H,18,19). The predicted octanol–water partition coefficient (Wildman–Crippen LogP) is 3.85. The highest BCUT2D eigenvalue weighted by atomic mass is 19.1. The molecule has 3 heteroatoms. The SMILES string of the molecule is Fc1ccc(NCC23CC4CC(CC(C4)C2)C3)nc1. The first-order chi connectivity index (χ1) is 9.21. The molecule has 102 valence electrons. The molecule has 0 unspecified atom stereocenters. The Kier molecular flexibility index (Phi) is 2.58. The summed E-state index contributed by atoms with van der Waals surface area (Å²) in [4.78, 5) is 4.11. The van der Waals surface area contributed by atoms with E-state index in [0.717, 1.165) is 30.1 Å². The first-order valence-corrected chi connectivity index (χ1v) is 7.56. The molecule has 1 aromatic rings. The molecule has 19 heavy (non-hydrogen) atoms. The smallest absolute Gasteiger partial charge is 0.141 e. The lowest BCUT2D eigenvalue weighted by molar-refractivity contribution is -0.0444. The summed E-state index contributed by atoms with van der Waals surface area (Å²) in [7, 11) is 0. The fourth-order valence-corrected chi connectivity index (χ4v) is 5.26. The number of nitrogens with one attached hydrogen (secondary N) is 1. The maximum Gasteiger partial charge on any atom is 0.141 e. The van der Waals surface area contributed by atoms with Crippen molar-refractivity contribution < 1.29 is 4.39 Å². The van der Waals surface area contributed by atoms with Gasteiger partial charge in [0.05, 0.1) is 6.20 Å². The maximum absolute atomic E-state index is 12.9. The summed E-state index contributed by atoms with van der Waals surface area (Å²) < 4.78 is 12.9. The normalized spacial score (nSPS) is 39.5. The van der Waals surface area contributed by atoms with Gasteiger partial charge in [-0.25, -0.2) is 9.37 Å². The molecule has 4 fully saturated rings. The Morgan fingerprint density at radius 3 is 2.26 bits per heavy atom. The van der Waals surface area contributed by atoms with Crippen molar-refractivity contribution in [3.05, 3.63) is 24.1 Å². The van der Waals surface area contributed by atoms with E-state index in [9.17, 15) is 4.39 Å². The Hall–Kier alpha value is -1.12. The molecule has 0 amide bonds. The summed E-state index contributed by atoms with van der Waals surface area (Å²) in [6.45, 7) is 1.02. The number of aromatic nitrogens is 1. The highest BCUT2D eigenvalue weighted by molar-refractivity contribution is 5.34. The third kappa shape index (κ3) is 2.13. The third-order valence-electron chi connectivity index (χ3n) is 5.54. The van der Waals surface area contributed by atoms with Crippen molar-refractivity contribution in [3.63, 3.8) is 0 Å². The molecule has 5 rings (SSSR count). The lowest BCUT2D eigenvalue weighted by Crippen LogP contribution is -2.49. The Morgan fingerprint density at radius 2 is 1.74 bits per heavy atom. The van der Waals surface area contributed by atoms with Crippen molar-refractivity contribution >= 4 is 5.82 Å². The van der Waals surface area contributed by atoms with Gasteiger partial charge in [0.25, 0.3) is 0 Å². The average molecular weight is 260 g/mol. The van der Waals surface area contributed by atoms with Crippen LogP contribution in [0.3, 0.4) is 0 Å². The van der Waals surface area contributed by atoms with Crippen molar-refractivity contribution in [1.82, 2.24) is 4.98 Å². The summed E-state index contributed by atoms with van der Waals surface area (Å²) in [6.07, 6.45) is 9.92. The fourth-order valence-electron chi connectivity index (χ4n) is 5.26. The van der Waals surface area contributed by atoms with Crippen LogP contribution in [0.4, 0.5) is 10.2 Å². The van der Waals surface area contributed by atoms with Crippen LogP contribution in [0.2, 0.25) is 0 Å².